The van der Waals surface area contributed by atoms with Crippen LogP contribution in [0.2, 0.25) is 5.02 Å². The van der Waals surface area contributed by atoms with Gasteiger partial charge in [0, 0.05) is 23.0 Å². The van der Waals surface area contributed by atoms with Gasteiger partial charge in [-0.2, -0.15) is 0 Å². The summed E-state index contributed by atoms with van der Waals surface area (Å²) in [5, 5.41) is 12.3. The van der Waals surface area contributed by atoms with Gasteiger partial charge < -0.3 is 14.8 Å². The molecule has 1 aromatic heterocycles. The molecule has 0 aliphatic heterocycles. The summed E-state index contributed by atoms with van der Waals surface area (Å²) in [6, 6.07) is 8.84. The molecule has 1 saturated carbocycles. The van der Waals surface area contributed by atoms with Crippen LogP contribution in [0, 0.1) is 0 Å². The number of hydrogen-bond donors (Lipinski definition) is 2. The van der Waals surface area contributed by atoms with E-state index in [1.165, 1.54) is 6.07 Å². The van der Waals surface area contributed by atoms with Crippen molar-refractivity contribution >= 4 is 23.5 Å². The number of nitrogens with one attached hydrogen (secondary N) is 1. The lowest BCUT2D eigenvalue weighted by Crippen LogP contribution is -2.32. The van der Waals surface area contributed by atoms with E-state index in [4.69, 9.17) is 21.1 Å². The predicted octanol–water partition coefficient (Wildman–Crippen LogP) is 3.09. The Kier molecular flexibility index (Phi) is 3.66. The summed E-state index contributed by atoms with van der Waals surface area (Å²) in [4.78, 5) is 22.8. The second-order valence-electron chi connectivity index (χ2n) is 5.48. The molecule has 2 N–H and O–H groups in total. The molecule has 114 valence electrons. The zero-order valence-corrected chi connectivity index (χ0v) is 12.4. The molecule has 1 aliphatic carbocycles. The molecule has 0 atom stereocenters. The fourth-order valence-corrected chi connectivity index (χ4v) is 2.63. The molecule has 1 aromatic carbocycles. The molecule has 3 rings (SSSR count). The number of hydrogen-bond acceptors (Lipinski definition) is 3. The van der Waals surface area contributed by atoms with E-state index in [0.29, 0.717) is 11.6 Å². The van der Waals surface area contributed by atoms with Gasteiger partial charge in [-0.1, -0.05) is 23.7 Å². The summed E-state index contributed by atoms with van der Waals surface area (Å²) in [7, 11) is 0. The Morgan fingerprint density at radius 3 is 2.68 bits per heavy atom. The van der Waals surface area contributed by atoms with Gasteiger partial charge in [0.1, 0.15) is 6.26 Å². The number of aromatic carboxylic acids is 1. The molecule has 22 heavy (non-hydrogen) atoms. The summed E-state index contributed by atoms with van der Waals surface area (Å²) >= 11 is 6.01. The molecule has 0 saturated heterocycles. The first kappa shape index (κ1) is 14.7. The SMILES string of the molecule is O=C(O)c1coc(C(=O)NCC2(c3cccc(Cl)c3)CC2)c1. The van der Waals surface area contributed by atoms with Gasteiger partial charge in [0.2, 0.25) is 0 Å². The van der Waals surface area contributed by atoms with Crippen LogP contribution < -0.4 is 5.32 Å². The van der Waals surface area contributed by atoms with Gasteiger partial charge in [-0.15, -0.1) is 0 Å². The second-order valence-corrected chi connectivity index (χ2v) is 5.91. The number of halogens is 1. The Labute approximate surface area is 131 Å². The minimum atomic E-state index is -1.12. The molecule has 5 nitrogen and oxygen atoms in total. The van der Waals surface area contributed by atoms with Crippen LogP contribution in [0.4, 0.5) is 0 Å². The van der Waals surface area contributed by atoms with Gasteiger partial charge in [0.05, 0.1) is 5.56 Å². The van der Waals surface area contributed by atoms with Crippen molar-refractivity contribution < 1.29 is 19.1 Å². The number of benzene rings is 1. The number of carboxylic acids is 1. The molecular formula is C16H14ClNO4. The van der Waals surface area contributed by atoms with Crippen molar-refractivity contribution in [3.63, 3.8) is 0 Å². The van der Waals surface area contributed by atoms with E-state index in [1.807, 2.05) is 24.3 Å². The van der Waals surface area contributed by atoms with E-state index >= 15 is 0 Å². The van der Waals surface area contributed by atoms with Crippen LogP contribution in [-0.2, 0) is 5.41 Å². The molecule has 1 fully saturated rings. The van der Waals surface area contributed by atoms with Crippen molar-refractivity contribution in [2.75, 3.05) is 6.54 Å². The molecule has 0 unspecified atom stereocenters. The van der Waals surface area contributed by atoms with Crippen molar-refractivity contribution in [2.24, 2.45) is 0 Å². The highest BCUT2D eigenvalue weighted by atomic mass is 35.5. The smallest absolute Gasteiger partial charge is 0.338 e. The summed E-state index contributed by atoms with van der Waals surface area (Å²) in [6.07, 6.45) is 3.01. The lowest BCUT2D eigenvalue weighted by molar-refractivity contribution is 0.0696. The molecule has 1 heterocycles. The van der Waals surface area contributed by atoms with Crippen molar-refractivity contribution in [3.8, 4) is 0 Å². The molecule has 6 heteroatoms. The Balaban J connectivity index is 1.67. The summed E-state index contributed by atoms with van der Waals surface area (Å²) in [6.45, 7) is 0.468. The standard InChI is InChI=1S/C16H14ClNO4/c17-12-3-1-2-11(7-12)16(4-5-16)9-18-14(19)13-6-10(8-22-13)15(20)21/h1-3,6-8H,4-5,9H2,(H,18,19)(H,20,21). The Morgan fingerprint density at radius 2 is 2.09 bits per heavy atom. The zero-order chi connectivity index (χ0) is 15.7. The number of carboxylic acid groups (broad SMARTS) is 1. The van der Waals surface area contributed by atoms with Gasteiger partial charge in [-0.05, 0) is 30.5 Å². The van der Waals surface area contributed by atoms with Crippen molar-refractivity contribution in [2.45, 2.75) is 18.3 Å². The Hall–Kier alpha value is -2.27. The second kappa shape index (κ2) is 5.50. The first-order valence-electron chi connectivity index (χ1n) is 6.86. The maximum absolute atomic E-state index is 12.0. The summed E-state index contributed by atoms with van der Waals surface area (Å²) < 4.78 is 4.98. The van der Waals surface area contributed by atoms with Crippen LogP contribution in [0.1, 0.15) is 39.3 Å². The topological polar surface area (TPSA) is 79.5 Å². The predicted molar refractivity (Wildman–Crippen MR) is 80.4 cm³/mol. The normalized spacial score (nSPS) is 15.3. The highest BCUT2D eigenvalue weighted by molar-refractivity contribution is 6.30. The van der Waals surface area contributed by atoms with Gasteiger partial charge in [-0.3, -0.25) is 4.79 Å². The monoisotopic (exact) mass is 319 g/mol. The van der Waals surface area contributed by atoms with Gasteiger partial charge >= 0.3 is 5.97 Å². The average molecular weight is 320 g/mol. The van der Waals surface area contributed by atoms with E-state index in [2.05, 4.69) is 5.32 Å². The van der Waals surface area contributed by atoms with Crippen LogP contribution in [0.15, 0.2) is 41.0 Å². The van der Waals surface area contributed by atoms with Crippen LogP contribution >= 0.6 is 11.6 Å². The van der Waals surface area contributed by atoms with E-state index in [-0.39, 0.29) is 16.7 Å². The lowest BCUT2D eigenvalue weighted by atomic mass is 9.96. The molecule has 0 spiro atoms. The summed E-state index contributed by atoms with van der Waals surface area (Å²) in [5.41, 5.74) is 0.982. The zero-order valence-electron chi connectivity index (χ0n) is 11.6. The highest BCUT2D eigenvalue weighted by Crippen LogP contribution is 2.48. The van der Waals surface area contributed by atoms with Crippen molar-refractivity contribution in [1.29, 1.82) is 0 Å². The number of rotatable bonds is 5. The minimum absolute atomic E-state index is 0.000654. The van der Waals surface area contributed by atoms with Crippen LogP contribution in [0.3, 0.4) is 0 Å². The summed E-state index contributed by atoms with van der Waals surface area (Å²) in [5.74, 6) is -1.54. The third-order valence-electron chi connectivity index (χ3n) is 3.95. The first-order valence-corrected chi connectivity index (χ1v) is 7.24. The Morgan fingerprint density at radius 1 is 1.32 bits per heavy atom. The minimum Gasteiger partial charge on any atom is -0.478 e. The Bertz CT molecular complexity index is 733. The van der Waals surface area contributed by atoms with E-state index in [0.717, 1.165) is 24.7 Å². The molecule has 0 radical (unpaired) electrons. The molecular weight excluding hydrogens is 306 g/mol. The first-order chi connectivity index (χ1) is 10.5. The average Bonchev–Trinajstić information content (AvgIpc) is 3.11. The molecule has 1 aliphatic rings. The van der Waals surface area contributed by atoms with Crippen molar-refractivity contribution in [1.82, 2.24) is 5.32 Å². The third-order valence-corrected chi connectivity index (χ3v) is 4.18. The molecule has 0 bridgehead atoms. The van der Waals surface area contributed by atoms with E-state index in [1.54, 1.807) is 0 Å². The maximum Gasteiger partial charge on any atom is 0.338 e. The highest BCUT2D eigenvalue weighted by Gasteiger charge is 2.44. The molecule has 1 amide bonds. The van der Waals surface area contributed by atoms with Gasteiger partial charge in [0.15, 0.2) is 5.76 Å². The quantitative estimate of drug-likeness (QED) is 0.887. The number of amides is 1. The fraction of sp³-hybridized carbons (Fsp3) is 0.250. The van der Waals surface area contributed by atoms with E-state index < -0.39 is 11.9 Å². The lowest BCUT2D eigenvalue weighted by Gasteiger charge is -2.16. The van der Waals surface area contributed by atoms with Crippen LogP contribution in [-0.4, -0.2) is 23.5 Å². The number of carbonyl (C=O) groups is 2. The van der Waals surface area contributed by atoms with Crippen LogP contribution in [0.25, 0.3) is 0 Å². The largest absolute Gasteiger partial charge is 0.478 e. The molecule has 2 aromatic rings. The number of furan rings is 1. The van der Waals surface area contributed by atoms with Crippen molar-refractivity contribution in [3.05, 3.63) is 58.5 Å². The fourth-order valence-electron chi connectivity index (χ4n) is 2.44. The maximum atomic E-state index is 12.0. The van der Waals surface area contributed by atoms with E-state index in [9.17, 15) is 9.59 Å². The van der Waals surface area contributed by atoms with Gasteiger partial charge in [0.25, 0.3) is 5.91 Å². The van der Waals surface area contributed by atoms with Crippen LogP contribution in [0.5, 0.6) is 0 Å². The number of carbonyl (C=O) groups excluding carboxylic acids is 1. The third kappa shape index (κ3) is 2.85. The van der Waals surface area contributed by atoms with Gasteiger partial charge in [-0.25, -0.2) is 4.79 Å².